The van der Waals surface area contributed by atoms with Crippen LogP contribution in [0.5, 0.6) is 0 Å². The fraction of sp³-hybridized carbons (Fsp3) is 0.450. The van der Waals surface area contributed by atoms with Crippen molar-refractivity contribution in [3.8, 4) is 0 Å². The molecule has 0 N–H and O–H groups in total. The highest BCUT2D eigenvalue weighted by Crippen LogP contribution is 2.38. The third kappa shape index (κ3) is 1.99. The van der Waals surface area contributed by atoms with E-state index in [0.29, 0.717) is 23.7 Å². The largest absolute Gasteiger partial charge is 0.456 e. The lowest BCUT2D eigenvalue weighted by Crippen LogP contribution is -2.50. The van der Waals surface area contributed by atoms with Gasteiger partial charge in [-0.05, 0) is 44.9 Å². The van der Waals surface area contributed by atoms with E-state index in [9.17, 15) is 4.79 Å². The van der Waals surface area contributed by atoms with Crippen molar-refractivity contribution in [2.24, 2.45) is 0 Å². The molecule has 4 nitrogen and oxygen atoms in total. The molecule has 1 aromatic carbocycles. The van der Waals surface area contributed by atoms with Gasteiger partial charge in [-0.3, -0.25) is 4.79 Å². The summed E-state index contributed by atoms with van der Waals surface area (Å²) in [6.07, 6.45) is 7.94. The number of furan rings is 1. The molecule has 2 atom stereocenters. The zero-order valence-corrected chi connectivity index (χ0v) is 13.9. The van der Waals surface area contributed by atoms with Crippen molar-refractivity contribution in [1.29, 1.82) is 0 Å². The molecule has 5 rings (SSSR count). The van der Waals surface area contributed by atoms with Crippen LogP contribution in [0.1, 0.15) is 38.1 Å². The lowest BCUT2D eigenvalue weighted by Gasteiger charge is -2.47. The Morgan fingerprint density at radius 1 is 1.00 bits per heavy atom. The summed E-state index contributed by atoms with van der Waals surface area (Å²) in [5.74, 6) is 0. The predicted molar refractivity (Wildman–Crippen MR) is 95.4 cm³/mol. The minimum atomic E-state index is 0.102. The molecule has 124 valence electrons. The molecule has 0 amide bonds. The fourth-order valence-corrected chi connectivity index (χ4v) is 4.85. The van der Waals surface area contributed by atoms with E-state index < -0.39 is 0 Å². The number of nitrogens with zero attached hydrogens (tertiary/aromatic N) is 2. The molecule has 24 heavy (non-hydrogen) atoms. The summed E-state index contributed by atoms with van der Waals surface area (Å²) >= 11 is 0. The summed E-state index contributed by atoms with van der Waals surface area (Å²) in [6, 6.07) is 11.3. The van der Waals surface area contributed by atoms with Crippen LogP contribution < -0.4 is 5.56 Å². The van der Waals surface area contributed by atoms with Crippen LogP contribution in [0.15, 0.2) is 45.7 Å². The number of hydrogen-bond acceptors (Lipinski definition) is 3. The second kappa shape index (κ2) is 5.21. The first-order chi connectivity index (χ1) is 11.7. The summed E-state index contributed by atoms with van der Waals surface area (Å²) in [5, 5.41) is 1.66. The van der Waals surface area contributed by atoms with Gasteiger partial charge in [0.15, 0.2) is 0 Å². The van der Waals surface area contributed by atoms with Crippen molar-refractivity contribution in [3.05, 3.63) is 46.9 Å². The number of piperidine rings is 2. The first kappa shape index (κ1) is 14.3. The average Bonchev–Trinajstić information content (AvgIpc) is 2.94. The van der Waals surface area contributed by atoms with Crippen LogP contribution in [0, 0.1) is 0 Å². The molecule has 0 saturated carbocycles. The molecule has 0 radical (unpaired) electrons. The lowest BCUT2D eigenvalue weighted by atomic mass is 9.82. The maximum absolute atomic E-state index is 13.2. The van der Waals surface area contributed by atoms with E-state index in [-0.39, 0.29) is 5.56 Å². The standard InChI is InChI=1S/C20H22N2O2/c1-21-13-5-4-6-14(21)12-15(11-13)22-10-9-18-19(20(22)23)16-7-2-3-8-17(16)24-18/h2-3,7-10,13-15H,4-6,11-12H2,1H3. The molecule has 2 bridgehead atoms. The molecule has 2 aliphatic heterocycles. The molecule has 3 aromatic rings. The molecule has 2 unspecified atom stereocenters. The topological polar surface area (TPSA) is 38.4 Å². The van der Waals surface area contributed by atoms with Crippen LogP contribution in [-0.4, -0.2) is 28.6 Å². The van der Waals surface area contributed by atoms with E-state index in [1.165, 1.54) is 19.3 Å². The molecule has 0 spiro atoms. The highest BCUT2D eigenvalue weighted by molar-refractivity contribution is 6.04. The Morgan fingerprint density at radius 2 is 1.75 bits per heavy atom. The van der Waals surface area contributed by atoms with Crippen LogP contribution in [0.25, 0.3) is 21.9 Å². The van der Waals surface area contributed by atoms with Gasteiger partial charge in [0.1, 0.15) is 11.2 Å². The highest BCUT2D eigenvalue weighted by atomic mass is 16.3. The molecule has 2 aliphatic rings. The van der Waals surface area contributed by atoms with Gasteiger partial charge in [-0.15, -0.1) is 0 Å². The molecular formula is C20H22N2O2. The van der Waals surface area contributed by atoms with Gasteiger partial charge in [-0.1, -0.05) is 24.6 Å². The maximum Gasteiger partial charge on any atom is 0.262 e. The summed E-state index contributed by atoms with van der Waals surface area (Å²) in [7, 11) is 2.25. The smallest absolute Gasteiger partial charge is 0.262 e. The quantitative estimate of drug-likeness (QED) is 0.681. The van der Waals surface area contributed by atoms with Crippen LogP contribution in [-0.2, 0) is 0 Å². The zero-order valence-electron chi connectivity index (χ0n) is 13.9. The minimum absolute atomic E-state index is 0.102. The van der Waals surface area contributed by atoms with Crippen molar-refractivity contribution < 1.29 is 4.42 Å². The number of fused-ring (bicyclic) bond motifs is 5. The summed E-state index contributed by atoms with van der Waals surface area (Å²) in [5.41, 5.74) is 1.60. The number of rotatable bonds is 1. The van der Waals surface area contributed by atoms with E-state index in [1.54, 1.807) is 0 Å². The van der Waals surface area contributed by atoms with Crippen molar-refractivity contribution in [3.63, 3.8) is 0 Å². The monoisotopic (exact) mass is 322 g/mol. The summed E-state index contributed by atoms with van der Waals surface area (Å²) in [4.78, 5) is 15.7. The van der Waals surface area contributed by atoms with Gasteiger partial charge in [-0.25, -0.2) is 0 Å². The molecule has 2 saturated heterocycles. The van der Waals surface area contributed by atoms with Crippen LogP contribution in [0.2, 0.25) is 0 Å². The Kier molecular flexibility index (Phi) is 3.10. The molecule has 0 aliphatic carbocycles. The van der Waals surface area contributed by atoms with E-state index in [0.717, 1.165) is 29.2 Å². The molecule has 2 aromatic heterocycles. The first-order valence-electron chi connectivity index (χ1n) is 8.96. The van der Waals surface area contributed by atoms with Crippen molar-refractivity contribution in [2.45, 2.75) is 50.2 Å². The first-order valence-corrected chi connectivity index (χ1v) is 8.96. The fourth-order valence-electron chi connectivity index (χ4n) is 4.85. The van der Waals surface area contributed by atoms with Gasteiger partial charge in [0.05, 0.1) is 5.39 Å². The van der Waals surface area contributed by atoms with Crippen LogP contribution >= 0.6 is 0 Å². The highest BCUT2D eigenvalue weighted by Gasteiger charge is 2.37. The number of para-hydroxylation sites is 1. The molecule has 4 heterocycles. The number of pyridine rings is 1. The minimum Gasteiger partial charge on any atom is -0.456 e. The second-order valence-corrected chi connectivity index (χ2v) is 7.39. The summed E-state index contributed by atoms with van der Waals surface area (Å²) < 4.78 is 7.82. The number of benzene rings is 1. The Morgan fingerprint density at radius 3 is 2.54 bits per heavy atom. The predicted octanol–water partition coefficient (Wildman–Crippen LogP) is 3.94. The lowest BCUT2D eigenvalue weighted by molar-refractivity contribution is 0.0393. The Balaban J connectivity index is 1.64. The van der Waals surface area contributed by atoms with E-state index in [1.807, 2.05) is 41.1 Å². The second-order valence-electron chi connectivity index (χ2n) is 7.39. The Bertz CT molecular complexity index is 957. The van der Waals surface area contributed by atoms with Crippen molar-refractivity contribution in [1.82, 2.24) is 9.47 Å². The van der Waals surface area contributed by atoms with Gasteiger partial charge in [0.2, 0.25) is 0 Å². The Labute approximate surface area is 140 Å². The number of hydrogen-bond donors (Lipinski definition) is 0. The van der Waals surface area contributed by atoms with Gasteiger partial charge in [-0.2, -0.15) is 0 Å². The van der Waals surface area contributed by atoms with Gasteiger partial charge >= 0.3 is 0 Å². The van der Waals surface area contributed by atoms with Crippen LogP contribution in [0.4, 0.5) is 0 Å². The maximum atomic E-state index is 13.2. The third-order valence-corrected chi connectivity index (χ3v) is 6.17. The summed E-state index contributed by atoms with van der Waals surface area (Å²) in [6.45, 7) is 0. The molecular weight excluding hydrogens is 300 g/mol. The van der Waals surface area contributed by atoms with Crippen molar-refractivity contribution >= 4 is 21.9 Å². The third-order valence-electron chi connectivity index (χ3n) is 6.17. The van der Waals surface area contributed by atoms with E-state index in [2.05, 4.69) is 11.9 Å². The van der Waals surface area contributed by atoms with E-state index >= 15 is 0 Å². The molecule has 2 fully saturated rings. The Hall–Kier alpha value is -2.07. The number of aromatic nitrogens is 1. The molecule has 4 heteroatoms. The average molecular weight is 322 g/mol. The van der Waals surface area contributed by atoms with Gasteiger partial charge in [0, 0.05) is 29.7 Å². The van der Waals surface area contributed by atoms with Crippen molar-refractivity contribution in [2.75, 3.05) is 7.05 Å². The zero-order chi connectivity index (χ0) is 16.3. The van der Waals surface area contributed by atoms with Gasteiger partial charge in [0.25, 0.3) is 5.56 Å². The normalized spacial score (nSPS) is 27.8. The van der Waals surface area contributed by atoms with Crippen LogP contribution in [0.3, 0.4) is 0 Å². The van der Waals surface area contributed by atoms with Gasteiger partial charge < -0.3 is 13.9 Å². The SMILES string of the molecule is CN1C2CCCC1CC(n1ccc3oc4ccccc4c3c1=O)C2. The van der Waals surface area contributed by atoms with E-state index in [4.69, 9.17) is 4.42 Å².